The molecule has 168 valence electrons. The normalized spacial score (nSPS) is 30.8. The Morgan fingerprint density at radius 2 is 1.97 bits per heavy atom. The second kappa shape index (κ2) is 8.40. The van der Waals surface area contributed by atoms with Gasteiger partial charge in [-0.05, 0) is 49.7 Å². The van der Waals surface area contributed by atoms with Crippen molar-refractivity contribution in [1.29, 1.82) is 0 Å². The Balaban J connectivity index is 1.59. The maximum absolute atomic E-state index is 14.8. The minimum Gasteiger partial charge on any atom is -0.376 e. The highest BCUT2D eigenvalue weighted by atomic mass is 31.2. The van der Waals surface area contributed by atoms with E-state index >= 15 is 0 Å². The van der Waals surface area contributed by atoms with E-state index in [1.807, 2.05) is 30.3 Å². The second-order valence-corrected chi connectivity index (χ2v) is 12.1. The molecule has 2 atom stereocenters. The quantitative estimate of drug-likeness (QED) is 0.673. The molecule has 0 amide bonds. The summed E-state index contributed by atoms with van der Waals surface area (Å²) in [5, 5.41) is 0.908. The average Bonchev–Trinajstić information content (AvgIpc) is 3.39. The van der Waals surface area contributed by atoms with Crippen LogP contribution >= 0.6 is 7.52 Å². The summed E-state index contributed by atoms with van der Waals surface area (Å²) in [4.78, 5) is 1.48. The Morgan fingerprint density at radius 1 is 1.19 bits per heavy atom. The Morgan fingerprint density at radius 3 is 2.68 bits per heavy atom. The molecule has 1 aliphatic carbocycles. The van der Waals surface area contributed by atoms with Gasteiger partial charge in [0, 0.05) is 13.0 Å². The number of ether oxygens (including phenoxy) is 1. The summed E-state index contributed by atoms with van der Waals surface area (Å²) in [6.07, 6.45) is 8.95. The molecular formula is C24H35N3O3P+. The number of likely N-dealkylation sites (tertiary alicyclic amines) is 1. The molecule has 3 aliphatic heterocycles. The Labute approximate surface area is 185 Å². The largest absolute Gasteiger partial charge is 0.376 e. The van der Waals surface area contributed by atoms with Gasteiger partial charge in [-0.2, -0.15) is 0 Å². The summed E-state index contributed by atoms with van der Waals surface area (Å²) in [5.74, 6) is 0. The van der Waals surface area contributed by atoms with E-state index in [9.17, 15) is 4.57 Å². The van der Waals surface area contributed by atoms with Gasteiger partial charge >= 0.3 is 7.52 Å². The van der Waals surface area contributed by atoms with Crippen LogP contribution in [0.25, 0.3) is 0 Å². The third kappa shape index (κ3) is 4.11. The fraction of sp³-hybridized carbons (Fsp3) is 0.583. The highest BCUT2D eigenvalue weighted by molar-refractivity contribution is 7.65. The Bertz CT molecular complexity index is 915. The molecule has 0 radical (unpaired) electrons. The summed E-state index contributed by atoms with van der Waals surface area (Å²) in [5.41, 5.74) is 6.62. The molecule has 1 aromatic rings. The van der Waals surface area contributed by atoms with Gasteiger partial charge < -0.3 is 14.2 Å². The second-order valence-electron chi connectivity index (χ2n) is 9.93. The van der Waals surface area contributed by atoms with E-state index in [4.69, 9.17) is 9.26 Å². The van der Waals surface area contributed by atoms with E-state index in [2.05, 4.69) is 25.3 Å². The number of para-hydroxylation sites is 1. The lowest BCUT2D eigenvalue weighted by atomic mass is 9.82. The van der Waals surface area contributed by atoms with Gasteiger partial charge in [-0.3, -0.25) is 9.99 Å². The highest BCUT2D eigenvalue weighted by Crippen LogP contribution is 2.67. The van der Waals surface area contributed by atoms with Crippen molar-refractivity contribution in [3.8, 4) is 0 Å². The number of benzene rings is 1. The van der Waals surface area contributed by atoms with Crippen molar-refractivity contribution < 1.29 is 18.7 Å². The van der Waals surface area contributed by atoms with Gasteiger partial charge in [-0.25, -0.2) is 4.78 Å². The lowest BCUT2D eigenvalue weighted by Gasteiger charge is -2.34. The van der Waals surface area contributed by atoms with Crippen molar-refractivity contribution in [2.75, 3.05) is 31.1 Å². The van der Waals surface area contributed by atoms with Gasteiger partial charge in [-0.1, -0.05) is 38.1 Å². The number of quaternary nitrogens is 1. The van der Waals surface area contributed by atoms with Crippen LogP contribution in [0.2, 0.25) is 0 Å². The molecule has 31 heavy (non-hydrogen) atoms. The molecule has 0 saturated carbocycles. The first-order chi connectivity index (χ1) is 15.0. The van der Waals surface area contributed by atoms with Crippen LogP contribution in [0.4, 0.5) is 5.69 Å². The zero-order valence-electron chi connectivity index (χ0n) is 18.7. The van der Waals surface area contributed by atoms with E-state index in [0.29, 0.717) is 6.61 Å². The summed E-state index contributed by atoms with van der Waals surface area (Å²) >= 11 is 0. The number of nitrogens with one attached hydrogen (secondary N) is 2. The summed E-state index contributed by atoms with van der Waals surface area (Å²) in [6.45, 7) is 7.89. The summed E-state index contributed by atoms with van der Waals surface area (Å²) in [6, 6.07) is 9.92. The molecule has 6 nitrogen and oxygen atoms in total. The standard InChI is InChI=1S/C24H34N3O3P/c1-24(2)16-21-23(22(17-24)26-13-7-4-8-14-26)31(28,30-18-20-12-9-15-29-20)27(25-21)19-10-5-3-6-11-19/h3,5-6,10-11,16,20,25H,4,7-9,12-15,17-18H2,1-2H3/p+1/t20-,31-/m1/s1. The van der Waals surface area contributed by atoms with Crippen molar-refractivity contribution in [2.24, 2.45) is 5.41 Å². The molecule has 4 aliphatic rings. The van der Waals surface area contributed by atoms with E-state index in [-0.39, 0.29) is 11.5 Å². The first-order valence-electron chi connectivity index (χ1n) is 11.8. The number of fused-ring (bicyclic) bond motifs is 1. The minimum absolute atomic E-state index is 0.0116. The summed E-state index contributed by atoms with van der Waals surface area (Å²) < 4.78 is 28.8. The van der Waals surface area contributed by atoms with Gasteiger partial charge in [-0.15, -0.1) is 0 Å². The average molecular weight is 445 g/mol. The third-order valence-corrected chi connectivity index (χ3v) is 9.26. The van der Waals surface area contributed by atoms with Crippen LogP contribution in [-0.2, 0) is 13.8 Å². The van der Waals surface area contributed by atoms with Crippen LogP contribution in [0, 0.1) is 5.41 Å². The molecule has 0 unspecified atom stereocenters. The fourth-order valence-electron chi connectivity index (χ4n) is 5.34. The SMILES string of the molecule is CC1(C)C=C2NN(c3ccccc3)[P@](=O)(OC[C@H]3CCCO3)C2=C([NH+]2CCCCC2)C1. The van der Waals surface area contributed by atoms with Crippen molar-refractivity contribution in [2.45, 2.75) is 58.5 Å². The van der Waals surface area contributed by atoms with Crippen LogP contribution in [0.1, 0.15) is 52.4 Å². The minimum atomic E-state index is -3.33. The van der Waals surface area contributed by atoms with Crippen molar-refractivity contribution in [1.82, 2.24) is 5.43 Å². The number of nitrogens with zero attached hydrogens (tertiary/aromatic N) is 1. The maximum atomic E-state index is 14.8. The predicted molar refractivity (Wildman–Crippen MR) is 123 cm³/mol. The molecule has 0 spiro atoms. The van der Waals surface area contributed by atoms with E-state index in [1.165, 1.54) is 29.9 Å². The predicted octanol–water partition coefficient (Wildman–Crippen LogP) is 3.99. The molecule has 2 N–H and O–H groups in total. The zero-order chi connectivity index (χ0) is 21.5. The van der Waals surface area contributed by atoms with Crippen LogP contribution in [-0.4, -0.2) is 32.4 Å². The van der Waals surface area contributed by atoms with E-state index < -0.39 is 7.52 Å². The molecule has 5 rings (SSSR count). The molecule has 0 aromatic heterocycles. The number of hydrogen-bond donors (Lipinski definition) is 2. The van der Waals surface area contributed by atoms with Crippen LogP contribution in [0.15, 0.2) is 53.1 Å². The van der Waals surface area contributed by atoms with Gasteiger partial charge in [0.1, 0.15) is 11.0 Å². The van der Waals surface area contributed by atoms with Gasteiger partial charge in [0.2, 0.25) is 0 Å². The number of hydrazine groups is 1. The molecule has 3 fully saturated rings. The first-order valence-corrected chi connectivity index (χ1v) is 13.3. The molecule has 7 heteroatoms. The third-order valence-electron chi connectivity index (χ3n) is 6.82. The topological polar surface area (TPSA) is 55.2 Å². The molecule has 3 saturated heterocycles. The smallest absolute Gasteiger partial charge is 0.352 e. The molecule has 0 bridgehead atoms. The zero-order valence-corrected chi connectivity index (χ0v) is 19.6. The van der Waals surface area contributed by atoms with Crippen LogP contribution in [0.5, 0.6) is 0 Å². The first kappa shape index (κ1) is 21.3. The number of hydrogen-bond acceptors (Lipinski definition) is 4. The van der Waals surface area contributed by atoms with E-state index in [0.717, 1.165) is 55.7 Å². The molecular weight excluding hydrogens is 409 g/mol. The maximum Gasteiger partial charge on any atom is 0.352 e. The van der Waals surface area contributed by atoms with Crippen molar-refractivity contribution in [3.63, 3.8) is 0 Å². The van der Waals surface area contributed by atoms with Crippen LogP contribution in [0.3, 0.4) is 0 Å². The Hall–Kier alpha value is -1.59. The van der Waals surface area contributed by atoms with Crippen LogP contribution < -0.4 is 15.1 Å². The fourth-order valence-corrected chi connectivity index (χ4v) is 7.83. The molecule has 3 heterocycles. The summed E-state index contributed by atoms with van der Waals surface area (Å²) in [7, 11) is -3.33. The molecule has 1 aromatic carbocycles. The number of piperidine rings is 1. The lowest BCUT2D eigenvalue weighted by molar-refractivity contribution is -0.868. The lowest BCUT2D eigenvalue weighted by Crippen LogP contribution is -3.11. The number of rotatable bonds is 5. The Kier molecular flexibility index (Phi) is 5.76. The van der Waals surface area contributed by atoms with Crippen molar-refractivity contribution >= 4 is 13.2 Å². The number of allylic oxidation sites excluding steroid dienone is 3. The van der Waals surface area contributed by atoms with Gasteiger partial charge in [0.25, 0.3) is 0 Å². The van der Waals surface area contributed by atoms with Gasteiger partial charge in [0.05, 0.1) is 37.2 Å². The monoisotopic (exact) mass is 444 g/mol. The highest BCUT2D eigenvalue weighted by Gasteiger charge is 2.53. The van der Waals surface area contributed by atoms with Crippen molar-refractivity contribution in [3.05, 3.63) is 53.1 Å². The number of anilines is 1. The van der Waals surface area contributed by atoms with Gasteiger partial charge in [0.15, 0.2) is 0 Å². The van der Waals surface area contributed by atoms with E-state index in [1.54, 1.807) is 4.78 Å².